The van der Waals surface area contributed by atoms with Gasteiger partial charge in [0.15, 0.2) is 5.16 Å². The van der Waals surface area contributed by atoms with Crippen molar-refractivity contribution in [2.75, 3.05) is 18.8 Å². The number of H-pyrrole nitrogens is 1. The van der Waals surface area contributed by atoms with Gasteiger partial charge in [0.1, 0.15) is 5.69 Å². The Kier molecular flexibility index (Phi) is 5.68. The summed E-state index contributed by atoms with van der Waals surface area (Å²) in [6, 6.07) is 8.24. The van der Waals surface area contributed by atoms with E-state index in [1.807, 2.05) is 30.9 Å². The number of amides is 1. The van der Waals surface area contributed by atoms with Crippen molar-refractivity contribution < 1.29 is 9.53 Å². The molecule has 4 rings (SSSR count). The Morgan fingerprint density at radius 1 is 1.22 bits per heavy atom. The van der Waals surface area contributed by atoms with E-state index in [1.165, 1.54) is 11.8 Å². The van der Waals surface area contributed by atoms with Gasteiger partial charge < -0.3 is 14.6 Å². The van der Waals surface area contributed by atoms with Gasteiger partial charge in [0.25, 0.3) is 0 Å². The van der Waals surface area contributed by atoms with Gasteiger partial charge in [0.05, 0.1) is 33.4 Å². The quantitative estimate of drug-likeness (QED) is 0.614. The van der Waals surface area contributed by atoms with Gasteiger partial charge in [-0.25, -0.2) is 4.98 Å². The van der Waals surface area contributed by atoms with Crippen molar-refractivity contribution in [3.05, 3.63) is 35.0 Å². The number of hydrogen-bond donors (Lipinski definition) is 1. The molecule has 27 heavy (non-hydrogen) atoms. The smallest absolute Gasteiger partial charge is 0.233 e. The molecule has 1 aliphatic heterocycles. The Labute approximate surface area is 170 Å². The second kappa shape index (κ2) is 8.18. The predicted molar refractivity (Wildman–Crippen MR) is 113 cm³/mol. The molecule has 1 fully saturated rings. The first-order valence-electron chi connectivity index (χ1n) is 8.84. The van der Waals surface area contributed by atoms with Crippen LogP contribution in [-0.4, -0.2) is 51.8 Å². The van der Waals surface area contributed by atoms with Crippen molar-refractivity contribution in [2.24, 2.45) is 0 Å². The second-order valence-electron chi connectivity index (χ2n) is 6.56. The molecule has 0 spiro atoms. The fraction of sp³-hybridized carbons (Fsp3) is 0.368. The molecule has 0 saturated carbocycles. The van der Waals surface area contributed by atoms with Crippen molar-refractivity contribution in [1.29, 1.82) is 0 Å². The van der Waals surface area contributed by atoms with Gasteiger partial charge in [-0.3, -0.25) is 4.79 Å². The average molecular weight is 420 g/mol. The molecule has 8 heteroatoms. The first-order chi connectivity index (χ1) is 13.1. The Bertz CT molecular complexity index is 828. The Balaban J connectivity index is 1.50. The maximum Gasteiger partial charge on any atom is 0.233 e. The average Bonchev–Trinajstić information content (AvgIpc) is 3.39. The van der Waals surface area contributed by atoms with E-state index in [4.69, 9.17) is 9.72 Å². The fourth-order valence-corrected chi connectivity index (χ4v) is 5.43. The Morgan fingerprint density at radius 2 is 1.89 bits per heavy atom. The molecule has 5 nitrogen and oxygen atoms in total. The lowest BCUT2D eigenvalue weighted by Crippen LogP contribution is -2.48. The first kappa shape index (κ1) is 18.7. The number of imidazole rings is 1. The van der Waals surface area contributed by atoms with E-state index in [0.717, 1.165) is 26.3 Å². The molecule has 3 aromatic heterocycles. The van der Waals surface area contributed by atoms with Crippen LogP contribution in [-0.2, 0) is 9.53 Å². The maximum absolute atomic E-state index is 12.6. The monoisotopic (exact) mass is 419 g/mol. The molecule has 3 aromatic rings. The van der Waals surface area contributed by atoms with Crippen LogP contribution in [0.25, 0.3) is 21.1 Å². The molecule has 1 amide bonds. The van der Waals surface area contributed by atoms with Crippen LogP contribution in [0.5, 0.6) is 0 Å². The molecule has 142 valence electrons. The first-order valence-corrected chi connectivity index (χ1v) is 11.6. The zero-order valence-electron chi connectivity index (χ0n) is 15.2. The minimum absolute atomic E-state index is 0.0853. The second-order valence-corrected chi connectivity index (χ2v) is 9.42. The summed E-state index contributed by atoms with van der Waals surface area (Å²) < 4.78 is 5.71. The molecule has 1 saturated heterocycles. The number of ether oxygens (including phenoxy) is 1. The number of aromatic amines is 1. The molecule has 0 aromatic carbocycles. The Hall–Kier alpha value is -1.61. The minimum atomic E-state index is 0.0853. The van der Waals surface area contributed by atoms with E-state index in [9.17, 15) is 4.79 Å². The molecule has 4 heterocycles. The molecular formula is C19H21N3O2S3. The van der Waals surface area contributed by atoms with Crippen molar-refractivity contribution in [3.63, 3.8) is 0 Å². The van der Waals surface area contributed by atoms with E-state index in [-0.39, 0.29) is 18.1 Å². The highest BCUT2D eigenvalue weighted by molar-refractivity contribution is 7.99. The van der Waals surface area contributed by atoms with Crippen LogP contribution in [0.2, 0.25) is 0 Å². The summed E-state index contributed by atoms with van der Waals surface area (Å²) in [5.41, 5.74) is 1.98. The third-order valence-corrected chi connectivity index (χ3v) is 6.93. The summed E-state index contributed by atoms with van der Waals surface area (Å²) in [5.74, 6) is 0.509. The number of aromatic nitrogens is 2. The van der Waals surface area contributed by atoms with Crippen molar-refractivity contribution >= 4 is 40.3 Å². The summed E-state index contributed by atoms with van der Waals surface area (Å²) in [6.07, 6.45) is 0.171. The van der Waals surface area contributed by atoms with Crippen LogP contribution in [0.1, 0.15) is 13.8 Å². The van der Waals surface area contributed by atoms with Gasteiger partial charge in [0, 0.05) is 13.1 Å². The summed E-state index contributed by atoms with van der Waals surface area (Å²) >= 11 is 4.82. The molecular weight excluding hydrogens is 398 g/mol. The maximum atomic E-state index is 12.6. The Morgan fingerprint density at radius 3 is 2.52 bits per heavy atom. The molecule has 0 aliphatic carbocycles. The van der Waals surface area contributed by atoms with E-state index >= 15 is 0 Å². The molecule has 1 aliphatic rings. The SMILES string of the molecule is C[C@H]1CN(C(=O)CSc2nc(-c3cccs3)c(-c3cccs3)[nH]2)C[C@H](C)O1. The predicted octanol–water partition coefficient (Wildman–Crippen LogP) is 4.59. The lowest BCUT2D eigenvalue weighted by molar-refractivity contribution is -0.140. The number of carbonyl (C=O) groups is 1. The number of rotatable bonds is 5. The summed E-state index contributed by atoms with van der Waals surface area (Å²) in [7, 11) is 0. The largest absolute Gasteiger partial charge is 0.372 e. The van der Waals surface area contributed by atoms with Crippen LogP contribution in [0.4, 0.5) is 0 Å². The highest BCUT2D eigenvalue weighted by Gasteiger charge is 2.26. The van der Waals surface area contributed by atoms with Gasteiger partial charge in [0.2, 0.25) is 5.91 Å². The summed E-state index contributed by atoms with van der Waals surface area (Å²) in [6.45, 7) is 5.33. The number of nitrogens with zero attached hydrogens (tertiary/aromatic N) is 2. The van der Waals surface area contributed by atoms with Crippen LogP contribution in [0.3, 0.4) is 0 Å². The number of thioether (sulfide) groups is 1. The normalized spacial score (nSPS) is 20.1. The van der Waals surface area contributed by atoms with E-state index in [2.05, 4.69) is 27.9 Å². The fourth-order valence-electron chi connectivity index (χ4n) is 3.21. The third kappa shape index (κ3) is 4.29. The van der Waals surface area contributed by atoms with Crippen LogP contribution < -0.4 is 0 Å². The van der Waals surface area contributed by atoms with Crippen LogP contribution in [0.15, 0.2) is 40.2 Å². The number of carbonyl (C=O) groups excluding carboxylic acids is 1. The van der Waals surface area contributed by atoms with Crippen molar-refractivity contribution in [2.45, 2.75) is 31.2 Å². The van der Waals surface area contributed by atoms with Crippen molar-refractivity contribution in [1.82, 2.24) is 14.9 Å². The van der Waals surface area contributed by atoms with Gasteiger partial charge in [-0.05, 0) is 36.7 Å². The van der Waals surface area contributed by atoms with Crippen LogP contribution >= 0.6 is 34.4 Å². The summed E-state index contributed by atoms with van der Waals surface area (Å²) in [4.78, 5) is 25.0. The zero-order valence-corrected chi connectivity index (χ0v) is 17.6. The van der Waals surface area contributed by atoms with Gasteiger partial charge >= 0.3 is 0 Å². The number of nitrogens with one attached hydrogen (secondary N) is 1. The highest BCUT2D eigenvalue weighted by Crippen LogP contribution is 2.36. The topological polar surface area (TPSA) is 58.2 Å². The number of hydrogen-bond acceptors (Lipinski definition) is 6. The van der Waals surface area contributed by atoms with E-state index < -0.39 is 0 Å². The molecule has 1 N–H and O–H groups in total. The van der Waals surface area contributed by atoms with E-state index in [1.54, 1.807) is 22.7 Å². The molecule has 0 unspecified atom stereocenters. The van der Waals surface area contributed by atoms with Gasteiger partial charge in [-0.2, -0.15) is 0 Å². The van der Waals surface area contributed by atoms with Crippen molar-refractivity contribution in [3.8, 4) is 21.1 Å². The van der Waals surface area contributed by atoms with Crippen LogP contribution in [0, 0.1) is 0 Å². The zero-order chi connectivity index (χ0) is 18.8. The number of thiophene rings is 2. The van der Waals surface area contributed by atoms with E-state index in [0.29, 0.717) is 18.8 Å². The standard InChI is InChI=1S/C19H21N3O2S3/c1-12-9-22(10-13(2)24-12)16(23)11-27-19-20-17(14-5-3-7-25-14)18(21-19)15-6-4-8-26-15/h3-8,12-13H,9-11H2,1-2H3,(H,20,21)/t12-,13-/m0/s1. The lowest BCUT2D eigenvalue weighted by atomic mass is 10.2. The third-order valence-electron chi connectivity index (χ3n) is 4.31. The lowest BCUT2D eigenvalue weighted by Gasteiger charge is -2.35. The summed E-state index contributed by atoms with van der Waals surface area (Å²) in [5, 5.41) is 4.90. The minimum Gasteiger partial charge on any atom is -0.372 e. The number of morpholine rings is 1. The molecule has 0 radical (unpaired) electrons. The van der Waals surface area contributed by atoms with Gasteiger partial charge in [-0.15, -0.1) is 22.7 Å². The van der Waals surface area contributed by atoms with Gasteiger partial charge in [-0.1, -0.05) is 23.9 Å². The molecule has 0 bridgehead atoms. The highest BCUT2D eigenvalue weighted by atomic mass is 32.2. The molecule has 2 atom stereocenters.